The zero-order valence-corrected chi connectivity index (χ0v) is 34.8. The number of aliphatic hydroxyl groups is 11. The molecule has 2 saturated heterocycles. The molecule has 0 aromatic heterocycles. The van der Waals surface area contributed by atoms with Gasteiger partial charge in [-0.15, -0.1) is 0 Å². The van der Waals surface area contributed by atoms with Crippen molar-refractivity contribution in [1.29, 1.82) is 0 Å². The quantitative estimate of drug-likeness (QED) is 0.132. The number of hydrogen-bond acceptors (Lipinski definition) is 15. The minimum absolute atomic E-state index is 0.0718. The lowest BCUT2D eigenvalue weighted by Gasteiger charge is -2.63. The number of ether oxygens (including phenoxy) is 4. The molecule has 0 aromatic rings. The van der Waals surface area contributed by atoms with E-state index in [0.717, 1.165) is 44.9 Å². The van der Waals surface area contributed by atoms with Crippen LogP contribution in [0.5, 0.6) is 0 Å². The van der Waals surface area contributed by atoms with E-state index in [4.69, 9.17) is 18.9 Å². The molecule has 7 aliphatic rings. The highest BCUT2D eigenvalue weighted by Gasteiger charge is 2.83. The average molecular weight is 817 g/mol. The summed E-state index contributed by atoms with van der Waals surface area (Å²) in [6, 6.07) is 0. The molecule has 7 rings (SSSR count). The first kappa shape index (κ1) is 44.5. The standard InChI is InChI=1S/C42H72O15/c1-36(2)23-8-9-24-39(6)16-20(54-35-32(30(50)28(48)22(18-44)56-35)57-34-31(51)29(49)27(47)21(17-43)55-34)33(40(7,53)12-10-26(46)37(3,4)52)38(39,5)14-15-42(24)19-41(23,42)13-11-25(36)45/h20-35,43-53H,8-19H2,1-7H3. The van der Waals surface area contributed by atoms with Gasteiger partial charge >= 0.3 is 0 Å². The van der Waals surface area contributed by atoms with Gasteiger partial charge in [-0.2, -0.15) is 0 Å². The van der Waals surface area contributed by atoms with Gasteiger partial charge in [-0.05, 0) is 124 Å². The van der Waals surface area contributed by atoms with Gasteiger partial charge in [0.15, 0.2) is 12.6 Å². The van der Waals surface area contributed by atoms with E-state index in [2.05, 4.69) is 27.7 Å². The van der Waals surface area contributed by atoms with Gasteiger partial charge in [-0.3, -0.25) is 0 Å². The second-order valence-electron chi connectivity index (χ2n) is 21.3. The topological polar surface area (TPSA) is 259 Å². The summed E-state index contributed by atoms with van der Waals surface area (Å²) < 4.78 is 24.7. The molecule has 5 aliphatic carbocycles. The fourth-order valence-electron chi connectivity index (χ4n) is 14.3. The molecule has 330 valence electrons. The van der Waals surface area contributed by atoms with E-state index in [1.54, 1.807) is 6.92 Å². The summed E-state index contributed by atoms with van der Waals surface area (Å²) in [5.74, 6) is 0.0883. The Balaban J connectivity index is 1.24. The molecule has 15 nitrogen and oxygen atoms in total. The van der Waals surface area contributed by atoms with Gasteiger partial charge in [0, 0.05) is 5.92 Å². The van der Waals surface area contributed by atoms with Gasteiger partial charge in [0.05, 0.1) is 42.7 Å². The van der Waals surface area contributed by atoms with Crippen LogP contribution in [0.15, 0.2) is 0 Å². The van der Waals surface area contributed by atoms with Crippen LogP contribution in [0.4, 0.5) is 0 Å². The summed E-state index contributed by atoms with van der Waals surface area (Å²) in [6.45, 7) is 12.4. The molecule has 21 unspecified atom stereocenters. The molecule has 0 amide bonds. The molecule has 15 heteroatoms. The Labute approximate surface area is 336 Å². The second-order valence-corrected chi connectivity index (χ2v) is 21.3. The number of hydrogen-bond donors (Lipinski definition) is 11. The maximum Gasteiger partial charge on any atom is 0.187 e. The van der Waals surface area contributed by atoms with Crippen LogP contribution >= 0.6 is 0 Å². The van der Waals surface area contributed by atoms with Crippen molar-refractivity contribution in [2.75, 3.05) is 13.2 Å². The van der Waals surface area contributed by atoms with Crippen LogP contribution in [-0.4, -0.2) is 160 Å². The number of fused-ring (bicyclic) bond motifs is 2. The minimum Gasteiger partial charge on any atom is -0.394 e. The maximum absolute atomic E-state index is 12.7. The van der Waals surface area contributed by atoms with E-state index in [9.17, 15) is 56.2 Å². The largest absolute Gasteiger partial charge is 0.394 e. The predicted molar refractivity (Wildman–Crippen MR) is 202 cm³/mol. The molecule has 2 aliphatic heterocycles. The van der Waals surface area contributed by atoms with Crippen LogP contribution in [0.3, 0.4) is 0 Å². The predicted octanol–water partition coefficient (Wildman–Crippen LogP) is 0.0686. The molecule has 21 atom stereocenters. The normalized spacial score (nSPS) is 53.5. The summed E-state index contributed by atoms with van der Waals surface area (Å²) in [5.41, 5.74) is -3.77. The second kappa shape index (κ2) is 14.8. The first-order chi connectivity index (χ1) is 26.4. The molecular weight excluding hydrogens is 744 g/mol. The Kier molecular flexibility index (Phi) is 11.5. The third-order valence-electron chi connectivity index (χ3n) is 17.7. The van der Waals surface area contributed by atoms with E-state index < -0.39 is 109 Å². The van der Waals surface area contributed by atoms with Crippen LogP contribution in [-0.2, 0) is 18.9 Å². The molecule has 7 fully saturated rings. The van der Waals surface area contributed by atoms with Crippen LogP contribution in [0.1, 0.15) is 113 Å². The average Bonchev–Trinajstić information content (AvgIpc) is 3.74. The molecule has 0 radical (unpaired) electrons. The summed E-state index contributed by atoms with van der Waals surface area (Å²) in [6.07, 6.45) is -11.0. The summed E-state index contributed by atoms with van der Waals surface area (Å²) in [5, 5.41) is 120. The monoisotopic (exact) mass is 816 g/mol. The molecule has 0 bridgehead atoms. The number of rotatable bonds is 11. The van der Waals surface area contributed by atoms with Gasteiger partial charge in [0.2, 0.25) is 0 Å². The lowest BCUT2D eigenvalue weighted by Crippen LogP contribution is -2.65. The van der Waals surface area contributed by atoms with E-state index in [1.807, 2.05) is 0 Å². The fourth-order valence-corrected chi connectivity index (χ4v) is 14.3. The highest BCUT2D eigenvalue weighted by atomic mass is 16.8. The molecule has 5 saturated carbocycles. The van der Waals surface area contributed by atoms with Crippen molar-refractivity contribution in [3.63, 3.8) is 0 Å². The van der Waals surface area contributed by atoms with E-state index in [-0.39, 0.29) is 46.5 Å². The highest BCUT2D eigenvalue weighted by molar-refractivity contribution is 5.31. The SMILES string of the molecule is CC(C)(O)C(O)CCC(C)(O)C1C(OC2OC(CO)C(O)C(O)C2OC2OC(CO)C(O)C(O)C2O)CC2(C)C3CCC4C(C)(C)C(O)CCC45CC35CCC12C. The van der Waals surface area contributed by atoms with Gasteiger partial charge in [0.1, 0.15) is 48.8 Å². The molecule has 0 aromatic carbocycles. The Morgan fingerprint density at radius 2 is 1.26 bits per heavy atom. The van der Waals surface area contributed by atoms with Crippen molar-refractivity contribution in [2.24, 2.45) is 44.8 Å². The molecule has 57 heavy (non-hydrogen) atoms. The van der Waals surface area contributed by atoms with Gasteiger partial charge in [-0.25, -0.2) is 0 Å². The molecule has 11 N–H and O–H groups in total. The van der Waals surface area contributed by atoms with E-state index in [1.165, 1.54) is 13.8 Å². The maximum atomic E-state index is 12.7. The lowest BCUT2D eigenvalue weighted by atomic mass is 9.41. The van der Waals surface area contributed by atoms with Crippen molar-refractivity contribution in [3.05, 3.63) is 0 Å². The van der Waals surface area contributed by atoms with Crippen molar-refractivity contribution in [1.82, 2.24) is 0 Å². The van der Waals surface area contributed by atoms with Crippen molar-refractivity contribution in [2.45, 2.75) is 204 Å². The molecule has 2 spiro atoms. The zero-order valence-electron chi connectivity index (χ0n) is 34.8. The molecular formula is C42H72O15. The van der Waals surface area contributed by atoms with Gasteiger partial charge < -0.3 is 75.1 Å². The van der Waals surface area contributed by atoms with Crippen LogP contribution in [0.2, 0.25) is 0 Å². The summed E-state index contributed by atoms with van der Waals surface area (Å²) in [4.78, 5) is 0. The van der Waals surface area contributed by atoms with Gasteiger partial charge in [-0.1, -0.05) is 27.7 Å². The smallest absolute Gasteiger partial charge is 0.187 e. The summed E-state index contributed by atoms with van der Waals surface area (Å²) >= 11 is 0. The Bertz CT molecular complexity index is 1450. The van der Waals surface area contributed by atoms with Crippen molar-refractivity contribution in [3.8, 4) is 0 Å². The fraction of sp³-hybridized carbons (Fsp3) is 1.00. The lowest BCUT2D eigenvalue weighted by molar-refractivity contribution is -0.374. The van der Waals surface area contributed by atoms with Crippen LogP contribution in [0.25, 0.3) is 0 Å². The Morgan fingerprint density at radius 1 is 0.684 bits per heavy atom. The van der Waals surface area contributed by atoms with Crippen molar-refractivity contribution < 1.29 is 75.1 Å². The number of aliphatic hydroxyl groups excluding tert-OH is 9. The van der Waals surface area contributed by atoms with Crippen LogP contribution in [0, 0.1) is 44.8 Å². The van der Waals surface area contributed by atoms with E-state index in [0.29, 0.717) is 12.3 Å². The minimum atomic E-state index is -1.82. The van der Waals surface area contributed by atoms with Crippen molar-refractivity contribution >= 4 is 0 Å². The van der Waals surface area contributed by atoms with E-state index >= 15 is 0 Å². The zero-order chi connectivity index (χ0) is 42.1. The highest BCUT2D eigenvalue weighted by Crippen LogP contribution is 2.89. The van der Waals surface area contributed by atoms with Crippen LogP contribution < -0.4 is 0 Å². The third kappa shape index (κ3) is 6.63. The first-order valence-electron chi connectivity index (χ1n) is 21.4. The third-order valence-corrected chi connectivity index (χ3v) is 17.7. The Morgan fingerprint density at radius 3 is 1.88 bits per heavy atom. The summed E-state index contributed by atoms with van der Waals surface area (Å²) in [7, 11) is 0. The molecule has 2 heterocycles. The Hall–Kier alpha value is -0.600. The van der Waals surface area contributed by atoms with Gasteiger partial charge in [0.25, 0.3) is 0 Å². The first-order valence-corrected chi connectivity index (χ1v) is 21.4.